The van der Waals surface area contributed by atoms with Gasteiger partial charge in [-0.05, 0) is 24.3 Å². The smallest absolute Gasteiger partial charge is 0.259 e. The number of nitrogens with zero attached hydrogens (tertiary/aromatic N) is 3. The molecule has 4 aromatic heterocycles. The zero-order valence-electron chi connectivity index (χ0n) is 16.4. The van der Waals surface area contributed by atoms with Gasteiger partial charge in [0.05, 0.1) is 24.2 Å². The van der Waals surface area contributed by atoms with Crippen molar-refractivity contribution < 1.29 is 4.74 Å². The van der Waals surface area contributed by atoms with Crippen molar-refractivity contribution in [1.29, 1.82) is 0 Å². The third kappa shape index (κ3) is 3.25. The summed E-state index contributed by atoms with van der Waals surface area (Å²) in [7, 11) is 1.62. The minimum absolute atomic E-state index is 0.00315. The predicted molar refractivity (Wildman–Crippen MR) is 121 cm³/mol. The van der Waals surface area contributed by atoms with E-state index >= 15 is 0 Å². The number of hydrogen-bond acceptors (Lipinski definition) is 5. The Hall–Kier alpha value is -3.51. The Morgan fingerprint density at radius 2 is 1.97 bits per heavy atom. The van der Waals surface area contributed by atoms with Crippen LogP contribution in [0.2, 0.25) is 0 Å². The first kappa shape index (κ1) is 18.5. The average Bonchev–Trinajstić information content (AvgIpc) is 3.23. The Bertz CT molecular complexity index is 1420. The van der Waals surface area contributed by atoms with Crippen LogP contribution in [0, 0.1) is 0 Å². The van der Waals surface area contributed by atoms with Crippen LogP contribution in [0.5, 0.6) is 5.75 Å². The lowest BCUT2D eigenvalue weighted by molar-refractivity contribution is 0.414. The summed E-state index contributed by atoms with van der Waals surface area (Å²) in [6, 6.07) is 16.1. The lowest BCUT2D eigenvalue weighted by atomic mass is 10.1. The third-order valence-electron chi connectivity index (χ3n) is 5.26. The molecule has 5 nitrogen and oxygen atoms in total. The van der Waals surface area contributed by atoms with Crippen LogP contribution in [0.4, 0.5) is 0 Å². The number of ether oxygens (including phenoxy) is 1. The number of rotatable bonds is 5. The molecule has 148 valence electrons. The van der Waals surface area contributed by atoms with E-state index in [0.717, 1.165) is 37.8 Å². The molecule has 0 radical (unpaired) electrons. The van der Waals surface area contributed by atoms with E-state index in [0.29, 0.717) is 18.7 Å². The molecule has 1 aromatic carbocycles. The maximum atomic E-state index is 13.3. The normalized spacial score (nSPS) is 11.2. The molecule has 0 spiro atoms. The van der Waals surface area contributed by atoms with Crippen molar-refractivity contribution >= 4 is 32.3 Å². The number of aromatic nitrogens is 3. The lowest BCUT2D eigenvalue weighted by Crippen LogP contribution is -2.20. The highest BCUT2D eigenvalue weighted by Gasteiger charge is 2.15. The van der Waals surface area contributed by atoms with Crippen LogP contribution < -0.4 is 10.3 Å². The SMILES string of the molecule is COc1cnccc1-c1csc2ccn(CCc3ccc4ccccc4n3)c(=O)c12. The first-order valence-electron chi connectivity index (χ1n) is 9.68. The molecule has 0 fully saturated rings. The minimum Gasteiger partial charge on any atom is -0.494 e. The van der Waals surface area contributed by atoms with Crippen LogP contribution in [0.1, 0.15) is 5.69 Å². The maximum Gasteiger partial charge on any atom is 0.259 e. The molecule has 0 aliphatic rings. The van der Waals surface area contributed by atoms with Gasteiger partial charge in [-0.1, -0.05) is 24.3 Å². The topological polar surface area (TPSA) is 57.0 Å². The molecule has 5 aromatic rings. The van der Waals surface area contributed by atoms with Crippen LogP contribution >= 0.6 is 11.3 Å². The van der Waals surface area contributed by atoms with Gasteiger partial charge in [-0.25, -0.2) is 0 Å². The summed E-state index contributed by atoms with van der Waals surface area (Å²) in [5.41, 5.74) is 3.72. The number of thiophene rings is 1. The number of para-hydroxylation sites is 1. The standard InChI is InChI=1S/C24H19N3O2S/c1-29-21-14-25-11-8-18(21)19-15-30-22-10-13-27(24(28)23(19)22)12-9-17-7-6-16-4-2-3-5-20(16)26-17/h2-8,10-11,13-15H,9,12H2,1H3. The Balaban J connectivity index is 1.51. The fourth-order valence-corrected chi connectivity index (χ4v) is 4.65. The molecule has 0 unspecified atom stereocenters. The van der Waals surface area contributed by atoms with E-state index in [1.54, 1.807) is 35.4 Å². The van der Waals surface area contributed by atoms with Gasteiger partial charge in [-0.3, -0.25) is 14.8 Å². The van der Waals surface area contributed by atoms with Gasteiger partial charge in [0.2, 0.25) is 0 Å². The number of benzene rings is 1. The van der Waals surface area contributed by atoms with Crippen molar-refractivity contribution in [1.82, 2.24) is 14.5 Å². The highest BCUT2D eigenvalue weighted by atomic mass is 32.1. The van der Waals surface area contributed by atoms with Gasteiger partial charge in [0, 0.05) is 57.6 Å². The molecule has 6 heteroatoms. The molecule has 0 saturated heterocycles. The summed E-state index contributed by atoms with van der Waals surface area (Å²) < 4.78 is 8.19. The lowest BCUT2D eigenvalue weighted by Gasteiger charge is -2.09. The fourth-order valence-electron chi connectivity index (χ4n) is 3.71. The van der Waals surface area contributed by atoms with E-state index in [1.807, 2.05) is 48.0 Å². The molecule has 0 aliphatic carbocycles. The maximum absolute atomic E-state index is 13.3. The van der Waals surface area contributed by atoms with Gasteiger partial charge in [-0.15, -0.1) is 11.3 Å². The van der Waals surface area contributed by atoms with Crippen molar-refractivity contribution in [2.75, 3.05) is 7.11 Å². The molecule has 0 N–H and O–H groups in total. The molecule has 0 amide bonds. The third-order valence-corrected chi connectivity index (χ3v) is 6.21. The Morgan fingerprint density at radius 3 is 2.87 bits per heavy atom. The summed E-state index contributed by atoms with van der Waals surface area (Å²) >= 11 is 1.57. The van der Waals surface area contributed by atoms with Crippen molar-refractivity contribution in [3.63, 3.8) is 0 Å². The second-order valence-electron chi connectivity index (χ2n) is 7.02. The Kier molecular flexibility index (Phi) is 4.77. The number of pyridine rings is 3. The zero-order chi connectivity index (χ0) is 20.5. The minimum atomic E-state index is 0.00315. The fraction of sp³-hybridized carbons (Fsp3) is 0.125. The van der Waals surface area contributed by atoms with Crippen molar-refractivity contribution in [2.45, 2.75) is 13.0 Å². The largest absolute Gasteiger partial charge is 0.494 e. The molecule has 4 heterocycles. The number of aryl methyl sites for hydroxylation is 2. The first-order chi connectivity index (χ1) is 14.7. The van der Waals surface area contributed by atoms with Gasteiger partial charge < -0.3 is 9.30 Å². The van der Waals surface area contributed by atoms with Crippen molar-refractivity contribution in [2.24, 2.45) is 0 Å². The Labute approximate surface area is 177 Å². The quantitative estimate of drug-likeness (QED) is 0.410. The summed E-state index contributed by atoms with van der Waals surface area (Å²) in [6.07, 6.45) is 5.95. The second kappa shape index (κ2) is 7.72. The van der Waals surface area contributed by atoms with E-state index < -0.39 is 0 Å². The van der Waals surface area contributed by atoms with E-state index in [1.165, 1.54) is 0 Å². The molecule has 0 aliphatic heterocycles. The molecule has 0 bridgehead atoms. The van der Waals surface area contributed by atoms with Crippen LogP contribution in [0.15, 0.2) is 77.3 Å². The summed E-state index contributed by atoms with van der Waals surface area (Å²) in [4.78, 5) is 22.2. The number of hydrogen-bond donors (Lipinski definition) is 0. The van der Waals surface area contributed by atoms with Gasteiger partial charge in [0.1, 0.15) is 5.75 Å². The van der Waals surface area contributed by atoms with E-state index in [9.17, 15) is 4.79 Å². The first-order valence-corrected chi connectivity index (χ1v) is 10.6. The molecular formula is C24H19N3O2S. The summed E-state index contributed by atoms with van der Waals surface area (Å²) in [6.45, 7) is 0.572. The number of fused-ring (bicyclic) bond motifs is 2. The average molecular weight is 414 g/mol. The molecule has 5 rings (SSSR count). The van der Waals surface area contributed by atoms with Gasteiger partial charge in [0.15, 0.2) is 0 Å². The van der Waals surface area contributed by atoms with Crippen LogP contribution in [0.3, 0.4) is 0 Å². The number of methoxy groups -OCH3 is 1. The van der Waals surface area contributed by atoms with Crippen molar-refractivity contribution in [3.8, 4) is 16.9 Å². The Morgan fingerprint density at radius 1 is 1.07 bits per heavy atom. The van der Waals surface area contributed by atoms with Crippen LogP contribution in [-0.2, 0) is 13.0 Å². The van der Waals surface area contributed by atoms with Gasteiger partial charge in [-0.2, -0.15) is 0 Å². The molecular weight excluding hydrogens is 394 g/mol. The van der Waals surface area contributed by atoms with E-state index in [4.69, 9.17) is 9.72 Å². The summed E-state index contributed by atoms with van der Waals surface area (Å²) in [5.74, 6) is 0.660. The monoisotopic (exact) mass is 413 g/mol. The van der Waals surface area contributed by atoms with E-state index in [-0.39, 0.29) is 5.56 Å². The highest BCUT2D eigenvalue weighted by Crippen LogP contribution is 2.36. The molecule has 0 atom stereocenters. The zero-order valence-corrected chi connectivity index (χ0v) is 17.2. The van der Waals surface area contributed by atoms with Crippen LogP contribution in [-0.4, -0.2) is 21.6 Å². The highest BCUT2D eigenvalue weighted by molar-refractivity contribution is 7.17. The summed E-state index contributed by atoms with van der Waals surface area (Å²) in [5, 5.41) is 3.85. The molecule has 30 heavy (non-hydrogen) atoms. The van der Waals surface area contributed by atoms with Gasteiger partial charge >= 0.3 is 0 Å². The predicted octanol–water partition coefficient (Wildman–Crippen LogP) is 4.92. The van der Waals surface area contributed by atoms with Gasteiger partial charge in [0.25, 0.3) is 5.56 Å². The van der Waals surface area contributed by atoms with Crippen molar-refractivity contribution in [3.05, 3.63) is 88.5 Å². The second-order valence-corrected chi connectivity index (χ2v) is 7.94. The molecule has 0 saturated carbocycles. The van der Waals surface area contributed by atoms with Crippen LogP contribution in [0.25, 0.3) is 32.1 Å². The van der Waals surface area contributed by atoms with E-state index in [2.05, 4.69) is 17.1 Å².